The molecule has 2 aliphatic rings. The van der Waals surface area contributed by atoms with E-state index in [1.807, 2.05) is 11.9 Å². The lowest BCUT2D eigenvalue weighted by Gasteiger charge is -2.51. The summed E-state index contributed by atoms with van der Waals surface area (Å²) in [4.78, 5) is 31.6. The van der Waals surface area contributed by atoms with Crippen molar-refractivity contribution in [2.45, 2.75) is 12.8 Å². The Kier molecular flexibility index (Phi) is 2.62. The monoisotopic (exact) mass is 265 g/mol. The van der Waals surface area contributed by atoms with Crippen molar-refractivity contribution in [2.75, 3.05) is 26.7 Å². The summed E-state index contributed by atoms with van der Waals surface area (Å²) in [7, 11) is 1.83. The van der Waals surface area contributed by atoms with Gasteiger partial charge in [0.15, 0.2) is 0 Å². The highest BCUT2D eigenvalue weighted by Crippen LogP contribution is 2.40. The summed E-state index contributed by atoms with van der Waals surface area (Å²) in [6, 6.07) is 0. The number of hydrogen-bond donors (Lipinski definition) is 0. The highest BCUT2D eigenvalue weighted by molar-refractivity contribution is 7.07. The molecule has 0 aromatic carbocycles. The molecule has 96 valence electrons. The fourth-order valence-corrected chi connectivity index (χ4v) is 3.42. The number of likely N-dealkylation sites (tertiary alicyclic amines) is 2. The molecule has 0 bridgehead atoms. The number of piperidine rings is 1. The molecule has 1 aromatic rings. The van der Waals surface area contributed by atoms with Crippen LogP contribution in [0, 0.1) is 5.41 Å². The van der Waals surface area contributed by atoms with Crippen LogP contribution in [0.25, 0.3) is 0 Å². The Labute approximate surface area is 109 Å². The number of rotatable bonds is 1. The van der Waals surface area contributed by atoms with Gasteiger partial charge < -0.3 is 9.80 Å². The number of nitrogens with zero attached hydrogens (tertiary/aromatic N) is 3. The third-order valence-electron chi connectivity index (χ3n) is 4.00. The van der Waals surface area contributed by atoms with Gasteiger partial charge in [0.1, 0.15) is 5.69 Å². The van der Waals surface area contributed by atoms with Crippen LogP contribution in [0.5, 0.6) is 0 Å². The first-order valence-electron chi connectivity index (χ1n) is 6.05. The molecular formula is C12H15N3O2S. The minimum atomic E-state index is -0.173. The first-order chi connectivity index (χ1) is 8.62. The second kappa shape index (κ2) is 4.05. The van der Waals surface area contributed by atoms with Crippen LogP contribution in [0.3, 0.4) is 0 Å². The van der Waals surface area contributed by atoms with Gasteiger partial charge in [0, 0.05) is 32.1 Å². The van der Waals surface area contributed by atoms with Crippen LogP contribution in [-0.2, 0) is 4.79 Å². The summed E-state index contributed by atoms with van der Waals surface area (Å²) in [5, 5.41) is 1.77. The third kappa shape index (κ3) is 1.63. The Hall–Kier alpha value is -1.43. The zero-order chi connectivity index (χ0) is 12.8. The molecule has 1 spiro atoms. The van der Waals surface area contributed by atoms with E-state index in [0.717, 1.165) is 19.4 Å². The van der Waals surface area contributed by atoms with Crippen molar-refractivity contribution in [3.63, 3.8) is 0 Å². The van der Waals surface area contributed by atoms with Crippen LogP contribution >= 0.6 is 11.3 Å². The number of carbonyl (C=O) groups excluding carboxylic acids is 2. The van der Waals surface area contributed by atoms with Crippen molar-refractivity contribution >= 4 is 23.2 Å². The van der Waals surface area contributed by atoms with Gasteiger partial charge in [-0.3, -0.25) is 9.59 Å². The maximum absolute atomic E-state index is 12.1. The van der Waals surface area contributed by atoms with Crippen LogP contribution in [0.2, 0.25) is 0 Å². The van der Waals surface area contributed by atoms with Crippen LogP contribution in [0.4, 0.5) is 0 Å². The summed E-state index contributed by atoms with van der Waals surface area (Å²) < 4.78 is 0. The lowest BCUT2D eigenvalue weighted by atomic mass is 9.71. The number of amides is 2. The topological polar surface area (TPSA) is 53.5 Å². The molecule has 0 unspecified atom stereocenters. The smallest absolute Gasteiger partial charge is 0.273 e. The third-order valence-corrected chi connectivity index (χ3v) is 4.59. The van der Waals surface area contributed by atoms with Gasteiger partial charge >= 0.3 is 0 Å². The van der Waals surface area contributed by atoms with Gasteiger partial charge in [-0.2, -0.15) is 0 Å². The minimum absolute atomic E-state index is 0.00812. The molecule has 3 rings (SSSR count). The fourth-order valence-electron chi connectivity index (χ4n) is 2.90. The van der Waals surface area contributed by atoms with Crippen LogP contribution in [0.1, 0.15) is 23.3 Å². The van der Waals surface area contributed by atoms with Gasteiger partial charge in [0.2, 0.25) is 5.91 Å². The van der Waals surface area contributed by atoms with E-state index in [1.54, 1.807) is 15.8 Å². The van der Waals surface area contributed by atoms with Gasteiger partial charge in [-0.05, 0) is 12.8 Å². The van der Waals surface area contributed by atoms with Crippen LogP contribution in [-0.4, -0.2) is 53.3 Å². The number of aromatic nitrogens is 1. The summed E-state index contributed by atoms with van der Waals surface area (Å²) >= 11 is 1.43. The summed E-state index contributed by atoms with van der Waals surface area (Å²) in [6.45, 7) is 2.16. The Morgan fingerprint density at radius 1 is 1.44 bits per heavy atom. The van der Waals surface area contributed by atoms with Gasteiger partial charge in [-0.25, -0.2) is 4.98 Å². The average molecular weight is 265 g/mol. The van der Waals surface area contributed by atoms with Gasteiger partial charge in [0.25, 0.3) is 5.91 Å². The summed E-state index contributed by atoms with van der Waals surface area (Å²) in [6.07, 6.45) is 1.57. The van der Waals surface area contributed by atoms with E-state index >= 15 is 0 Å². The lowest BCUT2D eigenvalue weighted by Crippen LogP contribution is -2.63. The van der Waals surface area contributed by atoms with Crippen molar-refractivity contribution in [3.8, 4) is 0 Å². The Balaban J connectivity index is 1.64. The quantitative estimate of drug-likeness (QED) is 0.707. The Morgan fingerprint density at radius 2 is 2.17 bits per heavy atom. The van der Waals surface area contributed by atoms with Crippen molar-refractivity contribution in [2.24, 2.45) is 5.41 Å². The standard InChI is InChI=1S/C12H15N3O2S/c1-14-7-12(11(14)17)2-4-15(5-3-12)10(16)9-6-18-8-13-9/h6,8H,2-5,7H2,1H3. The van der Waals surface area contributed by atoms with E-state index in [0.29, 0.717) is 18.8 Å². The van der Waals surface area contributed by atoms with E-state index in [4.69, 9.17) is 0 Å². The molecule has 2 saturated heterocycles. The maximum Gasteiger partial charge on any atom is 0.273 e. The molecule has 18 heavy (non-hydrogen) atoms. The predicted molar refractivity (Wildman–Crippen MR) is 67.3 cm³/mol. The van der Waals surface area contributed by atoms with Crippen molar-refractivity contribution in [1.29, 1.82) is 0 Å². The fraction of sp³-hybridized carbons (Fsp3) is 0.583. The molecule has 6 heteroatoms. The number of β-lactam (4-membered cyclic amide) rings is 1. The van der Waals surface area contributed by atoms with E-state index in [-0.39, 0.29) is 17.2 Å². The van der Waals surface area contributed by atoms with Gasteiger partial charge in [-0.15, -0.1) is 11.3 Å². The number of thiazole rings is 1. The van der Waals surface area contributed by atoms with E-state index in [2.05, 4.69) is 4.98 Å². The average Bonchev–Trinajstić information content (AvgIpc) is 2.92. The molecule has 1 aromatic heterocycles. The number of carbonyl (C=O) groups is 2. The zero-order valence-electron chi connectivity index (χ0n) is 10.3. The van der Waals surface area contributed by atoms with E-state index in [1.165, 1.54) is 11.3 Å². The summed E-state index contributed by atoms with van der Waals surface area (Å²) in [5.41, 5.74) is 2.02. The van der Waals surface area contributed by atoms with E-state index in [9.17, 15) is 9.59 Å². The van der Waals surface area contributed by atoms with Crippen molar-refractivity contribution in [1.82, 2.24) is 14.8 Å². The van der Waals surface area contributed by atoms with Gasteiger partial charge in [0.05, 0.1) is 10.9 Å². The number of hydrogen-bond acceptors (Lipinski definition) is 4. The Morgan fingerprint density at radius 3 is 2.67 bits per heavy atom. The molecule has 3 heterocycles. The lowest BCUT2D eigenvalue weighted by molar-refractivity contribution is -0.161. The normalized spacial score (nSPS) is 22.2. The second-order valence-electron chi connectivity index (χ2n) is 5.11. The first kappa shape index (κ1) is 11.6. The van der Waals surface area contributed by atoms with Gasteiger partial charge in [-0.1, -0.05) is 0 Å². The SMILES string of the molecule is CN1CC2(CCN(C(=O)c3cscn3)CC2)C1=O. The first-order valence-corrected chi connectivity index (χ1v) is 7.00. The highest BCUT2D eigenvalue weighted by atomic mass is 32.1. The molecule has 0 radical (unpaired) electrons. The molecule has 0 atom stereocenters. The van der Waals surface area contributed by atoms with Crippen LogP contribution in [0.15, 0.2) is 10.9 Å². The van der Waals surface area contributed by atoms with Crippen molar-refractivity contribution < 1.29 is 9.59 Å². The second-order valence-corrected chi connectivity index (χ2v) is 5.83. The largest absolute Gasteiger partial charge is 0.344 e. The molecule has 0 N–H and O–H groups in total. The predicted octanol–water partition coefficient (Wildman–Crippen LogP) is 0.837. The van der Waals surface area contributed by atoms with E-state index < -0.39 is 0 Å². The summed E-state index contributed by atoms with van der Waals surface area (Å²) in [5.74, 6) is 0.231. The molecular weight excluding hydrogens is 250 g/mol. The molecule has 2 aliphatic heterocycles. The molecule has 5 nitrogen and oxygen atoms in total. The molecule has 2 amide bonds. The van der Waals surface area contributed by atoms with Crippen LogP contribution < -0.4 is 0 Å². The highest BCUT2D eigenvalue weighted by Gasteiger charge is 2.51. The molecule has 2 fully saturated rings. The zero-order valence-corrected chi connectivity index (χ0v) is 11.1. The maximum atomic E-state index is 12.1. The minimum Gasteiger partial charge on any atom is -0.344 e. The van der Waals surface area contributed by atoms with Crippen molar-refractivity contribution in [3.05, 3.63) is 16.6 Å². The Bertz CT molecular complexity index is 478. The molecule has 0 aliphatic carbocycles. The molecule has 0 saturated carbocycles.